The molecule has 13 nitrogen and oxygen atoms in total. The number of amides is 5. The second-order valence-corrected chi connectivity index (χ2v) is 15.1. The van der Waals surface area contributed by atoms with E-state index in [-0.39, 0.29) is 48.1 Å². The predicted octanol–water partition coefficient (Wildman–Crippen LogP) is 6.87. The van der Waals surface area contributed by atoms with E-state index < -0.39 is 5.91 Å². The largest absolute Gasteiger partial charge is 0.495 e. The molecule has 0 atom stereocenters. The van der Waals surface area contributed by atoms with Crippen molar-refractivity contribution in [2.24, 2.45) is 0 Å². The lowest BCUT2D eigenvalue weighted by Crippen LogP contribution is -2.43. The average molecular weight is 816 g/mol. The molecule has 0 aliphatic carbocycles. The molecule has 1 saturated heterocycles. The highest BCUT2D eigenvalue weighted by atomic mass is 16.5. The summed E-state index contributed by atoms with van der Waals surface area (Å²) in [6, 6.07) is 24.5. The van der Waals surface area contributed by atoms with Crippen LogP contribution in [0, 0.1) is 6.92 Å². The Balaban J connectivity index is 1.01. The van der Waals surface area contributed by atoms with Crippen LogP contribution in [-0.2, 0) is 4.79 Å². The highest BCUT2D eigenvalue weighted by molar-refractivity contribution is 6.21. The third-order valence-corrected chi connectivity index (χ3v) is 10.8. The quantitative estimate of drug-likeness (QED) is 0.0688. The number of hydrogen-bond donors (Lipinski definition) is 1. The van der Waals surface area contributed by atoms with Gasteiger partial charge in [0.25, 0.3) is 23.6 Å². The number of benzene rings is 4. The molecule has 2 aliphatic rings. The number of carbonyl (C=O) groups excluding carboxylic acids is 5. The number of ether oxygens (including phenoxy) is 3. The monoisotopic (exact) mass is 815 g/mol. The van der Waals surface area contributed by atoms with Gasteiger partial charge in [-0.05, 0) is 119 Å². The number of para-hydroxylation sites is 1. The molecule has 1 N–H and O–H groups in total. The van der Waals surface area contributed by atoms with Gasteiger partial charge >= 0.3 is 0 Å². The molecule has 60 heavy (non-hydrogen) atoms. The van der Waals surface area contributed by atoms with Crippen molar-refractivity contribution in [3.05, 3.63) is 125 Å². The van der Waals surface area contributed by atoms with Gasteiger partial charge in [-0.2, -0.15) is 0 Å². The third kappa shape index (κ3) is 10.2. The summed E-state index contributed by atoms with van der Waals surface area (Å²) >= 11 is 0. The SMILES string of the molecule is COc1cc(C(=O)N(C)c2ccc(C)cc2OCCCC=CC(=O)N2CCC(N(C)C)CC2)ccc1NC(=O)c1ccccc1OCCCN1C(=O)c2ccccc2C1=O. The molecule has 2 heterocycles. The number of anilines is 2. The number of piperidine rings is 1. The van der Waals surface area contributed by atoms with Crippen LogP contribution in [0.4, 0.5) is 11.4 Å². The second-order valence-electron chi connectivity index (χ2n) is 15.1. The fraction of sp³-hybridized carbons (Fsp3) is 0.340. The Morgan fingerprint density at radius 2 is 1.47 bits per heavy atom. The Morgan fingerprint density at radius 3 is 2.17 bits per heavy atom. The molecule has 314 valence electrons. The van der Waals surface area contributed by atoms with Crippen LogP contribution < -0.4 is 24.4 Å². The maximum absolute atomic E-state index is 13.8. The van der Waals surface area contributed by atoms with Crippen molar-refractivity contribution >= 4 is 40.9 Å². The van der Waals surface area contributed by atoms with Gasteiger partial charge in [0.1, 0.15) is 17.2 Å². The van der Waals surface area contributed by atoms with E-state index in [1.165, 1.54) is 16.9 Å². The molecule has 6 rings (SSSR count). The van der Waals surface area contributed by atoms with Crippen LogP contribution in [0.15, 0.2) is 97.1 Å². The van der Waals surface area contributed by atoms with Crippen molar-refractivity contribution in [2.75, 3.05) is 71.3 Å². The minimum atomic E-state index is -0.454. The van der Waals surface area contributed by atoms with E-state index in [1.807, 2.05) is 36.1 Å². The zero-order valence-electron chi connectivity index (χ0n) is 34.9. The molecule has 0 aromatic heterocycles. The number of imide groups is 1. The van der Waals surface area contributed by atoms with E-state index in [0.717, 1.165) is 31.5 Å². The lowest BCUT2D eigenvalue weighted by atomic mass is 10.0. The summed E-state index contributed by atoms with van der Waals surface area (Å²) < 4.78 is 17.7. The Labute approximate surface area is 351 Å². The minimum absolute atomic E-state index is 0.0464. The summed E-state index contributed by atoms with van der Waals surface area (Å²) in [5.41, 5.74) is 3.32. The Bertz CT molecular complexity index is 2210. The van der Waals surface area contributed by atoms with Crippen molar-refractivity contribution < 1.29 is 38.2 Å². The summed E-state index contributed by atoms with van der Waals surface area (Å²) in [4.78, 5) is 72.3. The number of carbonyl (C=O) groups is 5. The molecule has 0 bridgehead atoms. The minimum Gasteiger partial charge on any atom is -0.495 e. The predicted molar refractivity (Wildman–Crippen MR) is 230 cm³/mol. The number of allylic oxidation sites excluding steroid dienone is 1. The zero-order valence-corrected chi connectivity index (χ0v) is 34.9. The summed E-state index contributed by atoms with van der Waals surface area (Å²) in [7, 11) is 7.30. The van der Waals surface area contributed by atoms with Crippen LogP contribution in [0.3, 0.4) is 0 Å². The van der Waals surface area contributed by atoms with Crippen molar-refractivity contribution in [1.29, 1.82) is 0 Å². The molecule has 5 amide bonds. The van der Waals surface area contributed by atoms with Gasteiger partial charge in [-0.25, -0.2) is 0 Å². The number of nitrogens with zero attached hydrogens (tertiary/aromatic N) is 4. The van der Waals surface area contributed by atoms with Crippen molar-refractivity contribution in [1.82, 2.24) is 14.7 Å². The molecule has 2 aliphatic heterocycles. The first kappa shape index (κ1) is 43.1. The highest BCUT2D eigenvalue weighted by Crippen LogP contribution is 2.33. The van der Waals surface area contributed by atoms with Gasteiger partial charge in [0.15, 0.2) is 0 Å². The molecule has 1 fully saturated rings. The molecule has 0 radical (unpaired) electrons. The van der Waals surface area contributed by atoms with E-state index in [1.54, 1.807) is 79.9 Å². The maximum atomic E-state index is 13.8. The van der Waals surface area contributed by atoms with Gasteiger partial charge in [0.05, 0.1) is 48.4 Å². The Hall–Kier alpha value is -6.47. The highest BCUT2D eigenvalue weighted by Gasteiger charge is 2.34. The molecular formula is C47H53N5O8. The summed E-state index contributed by atoms with van der Waals surface area (Å²) in [5.74, 6) is -0.192. The van der Waals surface area contributed by atoms with Crippen LogP contribution in [0.1, 0.15) is 79.1 Å². The Kier molecular flexibility index (Phi) is 14.4. The zero-order chi connectivity index (χ0) is 42.8. The number of nitrogens with one attached hydrogen (secondary N) is 1. The summed E-state index contributed by atoms with van der Waals surface area (Å²) in [6.45, 7) is 4.23. The Morgan fingerprint density at radius 1 is 0.800 bits per heavy atom. The molecule has 0 unspecified atom stereocenters. The van der Waals surface area contributed by atoms with Crippen molar-refractivity contribution in [3.8, 4) is 17.2 Å². The second kappa shape index (κ2) is 20.0. The van der Waals surface area contributed by atoms with Crippen LogP contribution in [0.25, 0.3) is 0 Å². The number of likely N-dealkylation sites (tertiary alicyclic amines) is 1. The van der Waals surface area contributed by atoms with Gasteiger partial charge in [-0.3, -0.25) is 28.9 Å². The number of hydrogen-bond acceptors (Lipinski definition) is 9. The molecule has 4 aromatic rings. The van der Waals surface area contributed by atoms with Crippen molar-refractivity contribution in [2.45, 2.75) is 45.1 Å². The third-order valence-electron chi connectivity index (χ3n) is 10.8. The normalized spacial score (nSPS) is 14.1. The molecule has 0 saturated carbocycles. The van der Waals surface area contributed by atoms with E-state index in [0.29, 0.717) is 71.5 Å². The van der Waals surface area contributed by atoms with Gasteiger partial charge in [0.2, 0.25) is 5.91 Å². The van der Waals surface area contributed by atoms with Gasteiger partial charge in [-0.15, -0.1) is 0 Å². The number of aryl methyl sites for hydroxylation is 1. The smallest absolute Gasteiger partial charge is 0.261 e. The maximum Gasteiger partial charge on any atom is 0.261 e. The molecule has 0 spiro atoms. The fourth-order valence-electron chi connectivity index (χ4n) is 7.34. The van der Waals surface area contributed by atoms with E-state index >= 15 is 0 Å². The average Bonchev–Trinajstić information content (AvgIpc) is 3.50. The number of fused-ring (bicyclic) bond motifs is 1. The number of unbranched alkanes of at least 4 members (excludes halogenated alkanes) is 1. The first-order valence-corrected chi connectivity index (χ1v) is 20.3. The summed E-state index contributed by atoms with van der Waals surface area (Å²) in [5, 5.41) is 2.87. The molecular weight excluding hydrogens is 763 g/mol. The van der Waals surface area contributed by atoms with Gasteiger partial charge in [-0.1, -0.05) is 36.4 Å². The topological polar surface area (TPSA) is 138 Å². The van der Waals surface area contributed by atoms with Gasteiger partial charge in [0, 0.05) is 38.3 Å². The van der Waals surface area contributed by atoms with Crippen LogP contribution in [0.5, 0.6) is 17.2 Å². The van der Waals surface area contributed by atoms with Crippen LogP contribution in [0.2, 0.25) is 0 Å². The number of methoxy groups -OCH3 is 1. The fourth-order valence-corrected chi connectivity index (χ4v) is 7.34. The standard InChI is InChI=1S/C47H53N5O8/c1-32-19-22-39(42(30-32)60-28-12-6-7-18-43(53)51-26-23-34(24-27-51)49(2)3)50(4)45(55)33-20-21-38(41(31-33)58-5)48-44(54)37-16-10-11-17-40(37)59-29-13-25-52-46(56)35-14-8-9-15-36(35)47(52)57/h7-11,14-22,30-31,34H,6,12-13,23-29H2,1-5H3,(H,48,54). The van der Waals surface area contributed by atoms with E-state index in [9.17, 15) is 24.0 Å². The summed E-state index contributed by atoms with van der Waals surface area (Å²) in [6.07, 6.45) is 7.26. The molecule has 13 heteroatoms. The first-order chi connectivity index (χ1) is 29.0. The van der Waals surface area contributed by atoms with Crippen molar-refractivity contribution in [3.63, 3.8) is 0 Å². The van der Waals surface area contributed by atoms with E-state index in [4.69, 9.17) is 14.2 Å². The molecule has 4 aromatic carbocycles. The van der Waals surface area contributed by atoms with Crippen LogP contribution in [-0.4, -0.2) is 111 Å². The van der Waals surface area contributed by atoms with Crippen LogP contribution >= 0.6 is 0 Å². The van der Waals surface area contributed by atoms with Gasteiger partial charge < -0.3 is 34.2 Å². The van der Waals surface area contributed by atoms with E-state index in [2.05, 4.69) is 24.3 Å². The lowest BCUT2D eigenvalue weighted by molar-refractivity contribution is -0.127. The first-order valence-electron chi connectivity index (χ1n) is 20.3. The number of rotatable bonds is 17. The lowest BCUT2D eigenvalue weighted by Gasteiger charge is -2.34.